The molecule has 3 nitrogen and oxygen atoms in total. The van der Waals surface area contributed by atoms with Gasteiger partial charge in [0.1, 0.15) is 0 Å². The summed E-state index contributed by atoms with van der Waals surface area (Å²) >= 11 is 0. The second kappa shape index (κ2) is 10.7. The molecule has 1 atom stereocenters. The van der Waals surface area contributed by atoms with E-state index in [-0.39, 0.29) is 0 Å². The van der Waals surface area contributed by atoms with Crippen molar-refractivity contribution in [3.8, 4) is 0 Å². The molecule has 0 fully saturated rings. The molecule has 0 saturated heterocycles. The van der Waals surface area contributed by atoms with Gasteiger partial charge in [0.15, 0.2) is 0 Å². The van der Waals surface area contributed by atoms with Crippen LogP contribution in [0, 0.1) is 5.92 Å². The average molecular weight is 236 g/mol. The van der Waals surface area contributed by atoms with E-state index >= 15 is 0 Å². The maximum atomic E-state index is 9.00. The molecule has 0 aliphatic heterocycles. The normalized spacial score (nSPS) is 16.2. The van der Waals surface area contributed by atoms with Gasteiger partial charge in [0.05, 0.1) is 12.5 Å². The third kappa shape index (κ3) is 12.2. The molecule has 1 unspecified atom stereocenters. The second-order valence-electron chi connectivity index (χ2n) is 3.53. The van der Waals surface area contributed by atoms with Gasteiger partial charge in [0.2, 0.25) is 0 Å². The molecule has 1 heterocycles. The summed E-state index contributed by atoms with van der Waals surface area (Å²) in [6.45, 7) is 3.31. The van der Waals surface area contributed by atoms with Crippen molar-refractivity contribution in [1.82, 2.24) is 0 Å². The Labute approximate surface area is 102 Å². The molecule has 2 rings (SSSR count). The van der Waals surface area contributed by atoms with Crippen LogP contribution < -0.4 is 0 Å². The lowest BCUT2D eigenvalue weighted by Crippen LogP contribution is -1.93. The van der Waals surface area contributed by atoms with Crippen molar-refractivity contribution >= 4 is 5.97 Å². The average Bonchev–Trinajstić information content (AvgIpc) is 2.88. The van der Waals surface area contributed by atoms with Gasteiger partial charge in [-0.05, 0) is 30.9 Å². The van der Waals surface area contributed by atoms with Gasteiger partial charge in [0, 0.05) is 6.92 Å². The fraction of sp³-hybridized carbons (Fsp3) is 0.357. The molecule has 17 heavy (non-hydrogen) atoms. The van der Waals surface area contributed by atoms with Crippen molar-refractivity contribution in [2.45, 2.75) is 26.7 Å². The van der Waals surface area contributed by atoms with Crippen LogP contribution >= 0.6 is 0 Å². The van der Waals surface area contributed by atoms with E-state index in [0.29, 0.717) is 0 Å². The first-order valence-electron chi connectivity index (χ1n) is 5.66. The zero-order chi connectivity index (χ0) is 12.9. The minimum absolute atomic E-state index is 0.819. The first-order valence-corrected chi connectivity index (χ1v) is 5.66. The highest BCUT2D eigenvalue weighted by atomic mass is 16.4. The van der Waals surface area contributed by atoms with Crippen LogP contribution in [-0.2, 0) is 4.79 Å². The number of hydrogen-bond donors (Lipinski definition) is 1. The molecule has 0 amide bonds. The van der Waals surface area contributed by atoms with Crippen LogP contribution in [0.5, 0.6) is 0 Å². The third-order valence-corrected chi connectivity index (χ3v) is 2.02. The van der Waals surface area contributed by atoms with E-state index in [4.69, 9.17) is 9.90 Å². The first kappa shape index (κ1) is 15.2. The molecule has 0 saturated carbocycles. The molecule has 94 valence electrons. The van der Waals surface area contributed by atoms with Crippen LogP contribution in [0.3, 0.4) is 0 Å². The Morgan fingerprint density at radius 3 is 2.18 bits per heavy atom. The highest BCUT2D eigenvalue weighted by Gasteiger charge is 1.98. The summed E-state index contributed by atoms with van der Waals surface area (Å²) < 4.78 is 4.58. The van der Waals surface area contributed by atoms with Crippen molar-refractivity contribution < 1.29 is 14.3 Å². The zero-order valence-corrected chi connectivity index (χ0v) is 10.4. The van der Waals surface area contributed by atoms with E-state index in [9.17, 15) is 0 Å². The molecule has 0 aromatic carbocycles. The SMILES string of the molecule is CC(=O)O.CCC1C=CC=CC1.c1ccoc1. The predicted octanol–water partition coefficient (Wildman–Crippen LogP) is 3.90. The number of rotatable bonds is 1. The van der Waals surface area contributed by atoms with Crippen molar-refractivity contribution in [2.75, 3.05) is 0 Å². The lowest BCUT2D eigenvalue weighted by Gasteiger charge is -2.07. The smallest absolute Gasteiger partial charge is 0.300 e. The van der Waals surface area contributed by atoms with Gasteiger partial charge in [-0.1, -0.05) is 31.2 Å². The molecule has 1 N–H and O–H groups in total. The molecule has 1 aromatic heterocycles. The van der Waals surface area contributed by atoms with Crippen LogP contribution in [-0.4, -0.2) is 11.1 Å². The van der Waals surface area contributed by atoms with E-state index in [1.54, 1.807) is 12.5 Å². The van der Waals surface area contributed by atoms with Crippen LogP contribution in [0.15, 0.2) is 53.4 Å². The van der Waals surface area contributed by atoms with Crippen molar-refractivity contribution in [1.29, 1.82) is 0 Å². The number of furan rings is 1. The molecule has 0 bridgehead atoms. The molecule has 3 heteroatoms. The van der Waals surface area contributed by atoms with Gasteiger partial charge < -0.3 is 9.52 Å². The van der Waals surface area contributed by atoms with E-state index in [1.165, 1.54) is 12.8 Å². The number of carbonyl (C=O) groups is 1. The Balaban J connectivity index is 0.000000246. The predicted molar refractivity (Wildman–Crippen MR) is 68.7 cm³/mol. The van der Waals surface area contributed by atoms with Crippen molar-refractivity contribution in [3.05, 3.63) is 49.0 Å². The fourth-order valence-electron chi connectivity index (χ4n) is 1.16. The summed E-state index contributed by atoms with van der Waals surface area (Å²) in [5.41, 5.74) is 0. The Morgan fingerprint density at radius 1 is 1.35 bits per heavy atom. The van der Waals surface area contributed by atoms with Crippen molar-refractivity contribution in [2.24, 2.45) is 5.92 Å². The van der Waals surface area contributed by atoms with Crippen LogP contribution in [0.1, 0.15) is 26.7 Å². The number of carboxylic acids is 1. The van der Waals surface area contributed by atoms with Crippen molar-refractivity contribution in [3.63, 3.8) is 0 Å². The topological polar surface area (TPSA) is 50.4 Å². The standard InChI is InChI=1S/C8H12.C4H4O.C2H4O2/c1-2-8-6-4-3-5-7-8;1-2-4-5-3-1;1-2(3)4/h3-6,8H,2,7H2,1H3;1-4H;1H3,(H,3,4). The number of hydrogen-bond acceptors (Lipinski definition) is 2. The largest absolute Gasteiger partial charge is 0.481 e. The van der Waals surface area contributed by atoms with E-state index in [2.05, 4.69) is 35.6 Å². The lowest BCUT2D eigenvalue weighted by molar-refractivity contribution is -0.134. The Kier molecular flexibility index (Phi) is 9.62. The lowest BCUT2D eigenvalue weighted by atomic mass is 9.99. The Morgan fingerprint density at radius 2 is 1.94 bits per heavy atom. The summed E-state index contributed by atoms with van der Waals surface area (Å²) in [7, 11) is 0. The van der Waals surface area contributed by atoms with Crippen LogP contribution in [0.4, 0.5) is 0 Å². The molecule has 1 aliphatic carbocycles. The number of allylic oxidation sites excluding steroid dienone is 4. The highest BCUT2D eigenvalue weighted by molar-refractivity contribution is 5.62. The molecular weight excluding hydrogens is 216 g/mol. The monoisotopic (exact) mass is 236 g/mol. The quantitative estimate of drug-likeness (QED) is 0.804. The maximum Gasteiger partial charge on any atom is 0.300 e. The van der Waals surface area contributed by atoms with E-state index in [0.717, 1.165) is 12.8 Å². The van der Waals surface area contributed by atoms with Gasteiger partial charge >= 0.3 is 0 Å². The summed E-state index contributed by atoms with van der Waals surface area (Å²) in [5, 5.41) is 7.42. The Hall–Kier alpha value is -1.77. The zero-order valence-electron chi connectivity index (χ0n) is 10.4. The number of carboxylic acid groups (broad SMARTS) is 1. The first-order chi connectivity index (χ1) is 8.16. The van der Waals surface area contributed by atoms with Gasteiger partial charge in [0.25, 0.3) is 5.97 Å². The minimum Gasteiger partial charge on any atom is -0.481 e. The molecule has 0 radical (unpaired) electrons. The summed E-state index contributed by atoms with van der Waals surface area (Å²) in [6, 6.07) is 3.67. The fourth-order valence-corrected chi connectivity index (χ4v) is 1.16. The second-order valence-corrected chi connectivity index (χ2v) is 3.53. The van der Waals surface area contributed by atoms with E-state index < -0.39 is 5.97 Å². The Bertz CT molecular complexity index is 302. The van der Waals surface area contributed by atoms with Gasteiger partial charge in [-0.25, -0.2) is 0 Å². The van der Waals surface area contributed by atoms with Crippen LogP contribution in [0.25, 0.3) is 0 Å². The summed E-state index contributed by atoms with van der Waals surface area (Å²) in [4.78, 5) is 9.00. The summed E-state index contributed by atoms with van der Waals surface area (Å²) in [5.74, 6) is -0.0139. The van der Waals surface area contributed by atoms with Gasteiger partial charge in [-0.3, -0.25) is 4.79 Å². The maximum absolute atomic E-state index is 9.00. The molecular formula is C14H20O3. The van der Waals surface area contributed by atoms with Gasteiger partial charge in [-0.15, -0.1) is 0 Å². The summed E-state index contributed by atoms with van der Waals surface area (Å²) in [6.07, 6.45) is 14.5. The van der Waals surface area contributed by atoms with Crippen LogP contribution in [0.2, 0.25) is 0 Å². The molecule has 1 aliphatic rings. The van der Waals surface area contributed by atoms with E-state index in [1.807, 2.05) is 12.1 Å². The third-order valence-electron chi connectivity index (χ3n) is 2.02. The molecule has 0 spiro atoms. The van der Waals surface area contributed by atoms with Gasteiger partial charge in [-0.2, -0.15) is 0 Å². The number of aliphatic carboxylic acids is 1. The molecule has 1 aromatic rings. The minimum atomic E-state index is -0.833. The highest BCUT2D eigenvalue weighted by Crippen LogP contribution is 2.13.